The Morgan fingerprint density at radius 1 is 1.03 bits per heavy atom. The highest BCUT2D eigenvalue weighted by Crippen LogP contribution is 2.36. The van der Waals surface area contributed by atoms with E-state index in [2.05, 4.69) is 35.2 Å². The number of piperidine rings is 1. The van der Waals surface area contributed by atoms with Gasteiger partial charge in [-0.25, -0.2) is 0 Å². The fourth-order valence-electron chi connectivity index (χ4n) is 5.75. The summed E-state index contributed by atoms with van der Waals surface area (Å²) in [4.78, 5) is 15.4. The average Bonchev–Trinajstić information content (AvgIpc) is 3.04. The molecular formula is C30H33NO4. The van der Waals surface area contributed by atoms with Crippen LogP contribution in [0.1, 0.15) is 49.3 Å². The summed E-state index contributed by atoms with van der Waals surface area (Å²) in [7, 11) is 0. The molecule has 1 atom stereocenters. The highest BCUT2D eigenvalue weighted by atomic mass is 16.5. The molecule has 3 aliphatic heterocycles. The van der Waals surface area contributed by atoms with Gasteiger partial charge in [-0.05, 0) is 66.1 Å². The van der Waals surface area contributed by atoms with Crippen molar-refractivity contribution in [2.75, 3.05) is 39.5 Å². The molecule has 35 heavy (non-hydrogen) atoms. The number of rotatable bonds is 5. The first kappa shape index (κ1) is 22.6. The molecule has 1 aliphatic carbocycles. The van der Waals surface area contributed by atoms with Crippen molar-refractivity contribution in [2.45, 2.75) is 44.6 Å². The fraction of sp³-hybridized carbons (Fsp3) is 0.433. The van der Waals surface area contributed by atoms with Crippen LogP contribution in [-0.4, -0.2) is 50.1 Å². The van der Waals surface area contributed by atoms with E-state index < -0.39 is 0 Å². The third kappa shape index (κ3) is 4.80. The highest BCUT2D eigenvalue weighted by Gasteiger charge is 2.28. The number of hydrogen-bond donors (Lipinski definition) is 0. The van der Waals surface area contributed by atoms with Gasteiger partial charge in [0.1, 0.15) is 18.1 Å². The Labute approximate surface area is 206 Å². The van der Waals surface area contributed by atoms with E-state index in [1.807, 2.05) is 18.2 Å². The molecule has 6 rings (SSSR count). The Kier molecular flexibility index (Phi) is 6.45. The predicted octanol–water partition coefficient (Wildman–Crippen LogP) is 3.48. The number of ketones is 1. The van der Waals surface area contributed by atoms with Gasteiger partial charge in [-0.1, -0.05) is 36.8 Å². The molecule has 3 heterocycles. The third-order valence-electron chi connectivity index (χ3n) is 7.63. The molecule has 0 aromatic heterocycles. The van der Waals surface area contributed by atoms with Crippen LogP contribution in [0.5, 0.6) is 11.5 Å². The SMILES string of the molecule is O=C1C=C2C[C@H](c3ccc(OCCN4CCCCC4)cc3)OCC2=c2ccc3c(c2C1)OCCC=3. The fourth-order valence-corrected chi connectivity index (χ4v) is 5.75. The van der Waals surface area contributed by atoms with E-state index in [1.165, 1.54) is 32.4 Å². The van der Waals surface area contributed by atoms with Gasteiger partial charge >= 0.3 is 0 Å². The second-order valence-corrected chi connectivity index (χ2v) is 9.97. The van der Waals surface area contributed by atoms with Gasteiger partial charge in [-0.2, -0.15) is 0 Å². The molecule has 2 aromatic carbocycles. The lowest BCUT2D eigenvalue weighted by atomic mass is 9.91. The molecule has 2 aromatic rings. The lowest BCUT2D eigenvalue weighted by Gasteiger charge is -2.28. The molecule has 4 aliphatic rings. The van der Waals surface area contributed by atoms with Crippen molar-refractivity contribution >= 4 is 17.4 Å². The first-order valence-corrected chi connectivity index (χ1v) is 13.0. The van der Waals surface area contributed by atoms with Crippen LogP contribution in [0.4, 0.5) is 0 Å². The van der Waals surface area contributed by atoms with Gasteiger partial charge in [-0.15, -0.1) is 0 Å². The van der Waals surface area contributed by atoms with Crippen LogP contribution in [0.3, 0.4) is 0 Å². The molecule has 5 heteroatoms. The average molecular weight is 472 g/mol. The number of ether oxygens (including phenoxy) is 3. The van der Waals surface area contributed by atoms with Gasteiger partial charge in [0.05, 0.1) is 19.3 Å². The van der Waals surface area contributed by atoms with Crippen LogP contribution in [0.2, 0.25) is 0 Å². The van der Waals surface area contributed by atoms with Gasteiger partial charge in [0.2, 0.25) is 0 Å². The quantitative estimate of drug-likeness (QED) is 0.668. The molecule has 0 radical (unpaired) electrons. The van der Waals surface area contributed by atoms with E-state index in [0.717, 1.165) is 63.8 Å². The van der Waals surface area contributed by atoms with Crippen molar-refractivity contribution in [3.05, 3.63) is 69.6 Å². The molecule has 2 fully saturated rings. The molecule has 2 saturated heterocycles. The number of fused-ring (bicyclic) bond motifs is 4. The van der Waals surface area contributed by atoms with Gasteiger partial charge in [-0.3, -0.25) is 9.69 Å². The number of carbonyl (C=O) groups excluding carboxylic acids is 1. The second-order valence-electron chi connectivity index (χ2n) is 9.97. The van der Waals surface area contributed by atoms with E-state index in [9.17, 15) is 4.79 Å². The summed E-state index contributed by atoms with van der Waals surface area (Å²) in [6.45, 7) is 5.25. The van der Waals surface area contributed by atoms with Crippen molar-refractivity contribution < 1.29 is 19.0 Å². The van der Waals surface area contributed by atoms with E-state index >= 15 is 0 Å². The summed E-state index contributed by atoms with van der Waals surface area (Å²) in [6, 6.07) is 12.5. The smallest absolute Gasteiger partial charge is 0.160 e. The molecule has 5 nitrogen and oxygen atoms in total. The number of allylic oxidation sites excluding steroid dienone is 1. The summed E-state index contributed by atoms with van der Waals surface area (Å²) >= 11 is 0. The van der Waals surface area contributed by atoms with Crippen LogP contribution in [0.15, 0.2) is 48.0 Å². The Balaban J connectivity index is 1.17. The molecule has 0 amide bonds. The number of carbonyl (C=O) groups is 1. The van der Waals surface area contributed by atoms with Crippen molar-refractivity contribution in [1.82, 2.24) is 4.90 Å². The number of hydrogen-bond acceptors (Lipinski definition) is 5. The number of likely N-dealkylation sites (tertiary alicyclic amines) is 1. The monoisotopic (exact) mass is 471 g/mol. The largest absolute Gasteiger partial charge is 0.492 e. The zero-order valence-corrected chi connectivity index (χ0v) is 20.3. The summed E-state index contributed by atoms with van der Waals surface area (Å²) in [5, 5.41) is 2.20. The molecule has 0 bridgehead atoms. The van der Waals surface area contributed by atoms with Crippen LogP contribution in [0.25, 0.3) is 11.6 Å². The summed E-state index contributed by atoms with van der Waals surface area (Å²) in [5.74, 6) is 1.91. The van der Waals surface area contributed by atoms with E-state index in [4.69, 9.17) is 14.2 Å². The summed E-state index contributed by atoms with van der Waals surface area (Å²) in [5.41, 5.74) is 4.34. The summed E-state index contributed by atoms with van der Waals surface area (Å²) in [6.07, 6.45) is 9.91. The summed E-state index contributed by atoms with van der Waals surface area (Å²) < 4.78 is 18.3. The zero-order chi connectivity index (χ0) is 23.6. The first-order chi connectivity index (χ1) is 17.2. The Morgan fingerprint density at radius 2 is 1.89 bits per heavy atom. The lowest BCUT2D eigenvalue weighted by molar-refractivity contribution is -0.114. The maximum absolute atomic E-state index is 12.9. The Bertz CT molecular complexity index is 1250. The van der Waals surface area contributed by atoms with Gasteiger partial charge < -0.3 is 14.2 Å². The minimum atomic E-state index is -0.0658. The maximum atomic E-state index is 12.9. The van der Waals surface area contributed by atoms with Crippen LogP contribution >= 0.6 is 0 Å². The number of nitrogens with zero attached hydrogens (tertiary/aromatic N) is 1. The van der Waals surface area contributed by atoms with Crippen LogP contribution in [-0.2, 0) is 16.0 Å². The van der Waals surface area contributed by atoms with Gasteiger partial charge in [0.15, 0.2) is 5.78 Å². The van der Waals surface area contributed by atoms with Crippen molar-refractivity contribution in [3.63, 3.8) is 0 Å². The van der Waals surface area contributed by atoms with Crippen molar-refractivity contribution in [1.29, 1.82) is 0 Å². The van der Waals surface area contributed by atoms with E-state index in [0.29, 0.717) is 26.1 Å². The normalized spacial score (nSPS) is 22.1. The van der Waals surface area contributed by atoms with Gasteiger partial charge in [0.25, 0.3) is 0 Å². The standard InChI is InChI=1S/C30H33NO4/c32-24-17-23-18-29(21-6-9-25(10-7-21)33-16-14-31-12-2-1-3-13-31)35-20-28(23)26-11-8-22-5-4-15-34-30(22)27(26)19-24/h5-11,17,29H,1-4,12-16,18-20H2/t29-/m1/s1. The zero-order valence-electron chi connectivity index (χ0n) is 20.3. The molecule has 0 unspecified atom stereocenters. The first-order valence-electron chi connectivity index (χ1n) is 13.0. The van der Waals surface area contributed by atoms with Gasteiger partial charge in [0, 0.05) is 36.6 Å². The Hall–Kier alpha value is -2.89. The molecule has 0 N–H and O–H groups in total. The predicted molar refractivity (Wildman–Crippen MR) is 136 cm³/mol. The minimum Gasteiger partial charge on any atom is -0.492 e. The second kappa shape index (κ2) is 10.00. The third-order valence-corrected chi connectivity index (χ3v) is 7.63. The molecule has 0 saturated carbocycles. The Morgan fingerprint density at radius 3 is 2.74 bits per heavy atom. The lowest BCUT2D eigenvalue weighted by Crippen LogP contribution is -2.33. The molecular weight excluding hydrogens is 438 g/mol. The van der Waals surface area contributed by atoms with Crippen molar-refractivity contribution in [2.24, 2.45) is 0 Å². The molecule has 0 spiro atoms. The van der Waals surface area contributed by atoms with Crippen LogP contribution in [0, 0.1) is 0 Å². The van der Waals surface area contributed by atoms with Crippen molar-refractivity contribution in [3.8, 4) is 11.5 Å². The molecule has 182 valence electrons. The van der Waals surface area contributed by atoms with Crippen LogP contribution < -0.4 is 19.9 Å². The maximum Gasteiger partial charge on any atom is 0.160 e. The van der Waals surface area contributed by atoms with E-state index in [1.54, 1.807) is 0 Å². The topological polar surface area (TPSA) is 48.0 Å². The highest BCUT2D eigenvalue weighted by molar-refractivity contribution is 5.96. The number of benzene rings is 2. The van der Waals surface area contributed by atoms with E-state index in [-0.39, 0.29) is 11.9 Å². The minimum absolute atomic E-state index is 0.0658.